The fourth-order valence-electron chi connectivity index (χ4n) is 2.74. The van der Waals surface area contributed by atoms with Crippen LogP contribution in [0.15, 0.2) is 24.3 Å². The Morgan fingerprint density at radius 2 is 2.25 bits per heavy atom. The SMILES string of the molecule is CC[C@H](NC(=O)CCc1cccc(Cl)c1)C1CC(O)C1. The van der Waals surface area contributed by atoms with Crippen LogP contribution in [0, 0.1) is 5.92 Å². The summed E-state index contributed by atoms with van der Waals surface area (Å²) < 4.78 is 0. The normalized spacial score (nSPS) is 22.9. The molecule has 3 nitrogen and oxygen atoms in total. The number of carbonyl (C=O) groups is 1. The molecule has 0 bridgehead atoms. The highest BCUT2D eigenvalue weighted by atomic mass is 35.5. The Balaban J connectivity index is 1.77. The second-order valence-electron chi connectivity index (χ2n) is 5.60. The molecule has 4 heteroatoms. The van der Waals surface area contributed by atoms with E-state index in [0.717, 1.165) is 24.8 Å². The highest BCUT2D eigenvalue weighted by Gasteiger charge is 2.33. The second kappa shape index (κ2) is 7.09. The number of benzene rings is 1. The van der Waals surface area contributed by atoms with Crippen molar-refractivity contribution in [3.63, 3.8) is 0 Å². The van der Waals surface area contributed by atoms with Crippen molar-refractivity contribution < 1.29 is 9.90 Å². The van der Waals surface area contributed by atoms with Crippen molar-refractivity contribution in [3.05, 3.63) is 34.9 Å². The molecule has 2 rings (SSSR count). The van der Waals surface area contributed by atoms with Gasteiger partial charge in [-0.3, -0.25) is 4.79 Å². The van der Waals surface area contributed by atoms with Crippen molar-refractivity contribution in [1.29, 1.82) is 0 Å². The molecule has 1 aliphatic rings. The summed E-state index contributed by atoms with van der Waals surface area (Å²) in [6, 6.07) is 7.82. The number of hydrogen-bond acceptors (Lipinski definition) is 2. The van der Waals surface area contributed by atoms with Gasteiger partial charge in [-0.2, -0.15) is 0 Å². The van der Waals surface area contributed by atoms with Crippen molar-refractivity contribution >= 4 is 17.5 Å². The molecule has 1 amide bonds. The molecule has 20 heavy (non-hydrogen) atoms. The van der Waals surface area contributed by atoms with Crippen LogP contribution in [0.1, 0.15) is 38.2 Å². The van der Waals surface area contributed by atoms with Crippen molar-refractivity contribution in [2.45, 2.75) is 51.2 Å². The van der Waals surface area contributed by atoms with Crippen LogP contribution in [-0.4, -0.2) is 23.2 Å². The van der Waals surface area contributed by atoms with Gasteiger partial charge in [0.1, 0.15) is 0 Å². The quantitative estimate of drug-likeness (QED) is 0.848. The van der Waals surface area contributed by atoms with Crippen LogP contribution in [-0.2, 0) is 11.2 Å². The first-order valence-corrected chi connectivity index (χ1v) is 7.68. The van der Waals surface area contributed by atoms with Gasteiger partial charge in [0.2, 0.25) is 5.91 Å². The van der Waals surface area contributed by atoms with E-state index >= 15 is 0 Å². The summed E-state index contributed by atoms with van der Waals surface area (Å²) in [4.78, 5) is 12.0. The van der Waals surface area contributed by atoms with Gasteiger partial charge in [0.25, 0.3) is 0 Å². The first-order chi connectivity index (χ1) is 9.58. The summed E-state index contributed by atoms with van der Waals surface area (Å²) in [5.74, 6) is 0.517. The number of amides is 1. The third-order valence-electron chi connectivity index (χ3n) is 4.03. The van der Waals surface area contributed by atoms with Gasteiger partial charge in [-0.15, -0.1) is 0 Å². The minimum absolute atomic E-state index is 0.0817. The molecule has 0 heterocycles. The number of nitrogens with one attached hydrogen (secondary N) is 1. The summed E-state index contributed by atoms with van der Waals surface area (Å²) in [5.41, 5.74) is 1.08. The zero-order valence-corrected chi connectivity index (χ0v) is 12.6. The lowest BCUT2D eigenvalue weighted by Crippen LogP contribution is -2.46. The molecule has 0 aliphatic heterocycles. The number of aryl methyl sites for hydroxylation is 1. The Hall–Kier alpha value is -1.06. The zero-order chi connectivity index (χ0) is 14.5. The van der Waals surface area contributed by atoms with E-state index in [1.54, 1.807) is 0 Å². The number of aliphatic hydroxyl groups excluding tert-OH is 1. The molecule has 0 saturated heterocycles. The summed E-state index contributed by atoms with van der Waals surface area (Å²) in [6.45, 7) is 2.08. The summed E-state index contributed by atoms with van der Waals surface area (Å²) >= 11 is 5.92. The summed E-state index contributed by atoms with van der Waals surface area (Å²) in [6.07, 6.45) is 3.56. The lowest BCUT2D eigenvalue weighted by Gasteiger charge is -2.37. The van der Waals surface area contributed by atoms with Crippen molar-refractivity contribution in [2.75, 3.05) is 0 Å². The monoisotopic (exact) mass is 295 g/mol. The van der Waals surface area contributed by atoms with Crippen molar-refractivity contribution in [2.24, 2.45) is 5.92 Å². The molecule has 1 aromatic rings. The maximum Gasteiger partial charge on any atom is 0.220 e. The molecule has 110 valence electrons. The molecular weight excluding hydrogens is 274 g/mol. The number of hydrogen-bond donors (Lipinski definition) is 2. The maximum absolute atomic E-state index is 12.0. The zero-order valence-electron chi connectivity index (χ0n) is 11.8. The van der Waals surface area contributed by atoms with Crippen LogP contribution in [0.25, 0.3) is 0 Å². The van der Waals surface area contributed by atoms with Gasteiger partial charge in [0, 0.05) is 17.5 Å². The van der Waals surface area contributed by atoms with Gasteiger partial charge in [0.05, 0.1) is 6.10 Å². The molecule has 1 aliphatic carbocycles. The molecule has 2 N–H and O–H groups in total. The fraction of sp³-hybridized carbons (Fsp3) is 0.562. The number of rotatable bonds is 6. The minimum atomic E-state index is -0.169. The van der Waals surface area contributed by atoms with Crippen LogP contribution in [0.4, 0.5) is 0 Å². The lowest BCUT2D eigenvalue weighted by molar-refractivity contribution is -0.123. The van der Waals surface area contributed by atoms with Gasteiger partial charge in [0.15, 0.2) is 0 Å². The molecule has 1 atom stereocenters. The number of carbonyl (C=O) groups excluding carboxylic acids is 1. The third-order valence-corrected chi connectivity index (χ3v) is 4.27. The second-order valence-corrected chi connectivity index (χ2v) is 6.03. The van der Waals surface area contributed by atoms with E-state index in [2.05, 4.69) is 12.2 Å². The van der Waals surface area contributed by atoms with E-state index in [1.807, 2.05) is 24.3 Å². The van der Waals surface area contributed by atoms with E-state index in [1.165, 1.54) is 0 Å². The summed E-state index contributed by atoms with van der Waals surface area (Å²) in [7, 11) is 0. The van der Waals surface area contributed by atoms with Crippen LogP contribution < -0.4 is 5.32 Å². The van der Waals surface area contributed by atoms with Gasteiger partial charge in [-0.1, -0.05) is 30.7 Å². The maximum atomic E-state index is 12.0. The fourth-order valence-corrected chi connectivity index (χ4v) is 2.95. The number of aliphatic hydroxyl groups is 1. The highest BCUT2D eigenvalue weighted by molar-refractivity contribution is 6.30. The van der Waals surface area contributed by atoms with Gasteiger partial charge < -0.3 is 10.4 Å². The van der Waals surface area contributed by atoms with E-state index in [-0.39, 0.29) is 18.1 Å². The Morgan fingerprint density at radius 1 is 1.50 bits per heavy atom. The van der Waals surface area contributed by atoms with E-state index in [9.17, 15) is 9.90 Å². The average molecular weight is 296 g/mol. The average Bonchev–Trinajstić information content (AvgIpc) is 2.39. The molecule has 1 fully saturated rings. The smallest absolute Gasteiger partial charge is 0.220 e. The molecule has 0 unspecified atom stereocenters. The Kier molecular flexibility index (Phi) is 5.44. The predicted molar refractivity (Wildman–Crippen MR) is 80.7 cm³/mol. The van der Waals surface area contributed by atoms with Crippen LogP contribution in [0.3, 0.4) is 0 Å². The lowest BCUT2D eigenvalue weighted by atomic mass is 9.76. The molecule has 0 radical (unpaired) electrons. The standard InChI is InChI=1S/C16H22ClNO2/c1-2-15(12-9-14(19)10-12)18-16(20)7-6-11-4-3-5-13(17)8-11/h3-5,8,12,14-15,19H,2,6-7,9-10H2,1H3,(H,18,20)/t12?,14?,15-/m0/s1. The molecule has 0 aromatic heterocycles. The predicted octanol–water partition coefficient (Wildman–Crippen LogP) is 2.94. The van der Waals surface area contributed by atoms with E-state index in [0.29, 0.717) is 23.8 Å². The minimum Gasteiger partial charge on any atom is -0.393 e. The van der Waals surface area contributed by atoms with Gasteiger partial charge in [-0.05, 0) is 49.3 Å². The van der Waals surface area contributed by atoms with Gasteiger partial charge >= 0.3 is 0 Å². The molecule has 1 aromatic carbocycles. The van der Waals surface area contributed by atoms with Crippen LogP contribution >= 0.6 is 11.6 Å². The Morgan fingerprint density at radius 3 is 2.85 bits per heavy atom. The van der Waals surface area contributed by atoms with Crippen molar-refractivity contribution in [1.82, 2.24) is 5.32 Å². The van der Waals surface area contributed by atoms with Crippen LogP contribution in [0.2, 0.25) is 5.02 Å². The van der Waals surface area contributed by atoms with Gasteiger partial charge in [-0.25, -0.2) is 0 Å². The Labute approximate surface area is 125 Å². The largest absolute Gasteiger partial charge is 0.393 e. The van der Waals surface area contributed by atoms with Crippen LogP contribution in [0.5, 0.6) is 0 Å². The van der Waals surface area contributed by atoms with Crippen molar-refractivity contribution in [3.8, 4) is 0 Å². The molecule has 1 saturated carbocycles. The van der Waals surface area contributed by atoms with E-state index < -0.39 is 0 Å². The molecule has 0 spiro atoms. The Bertz CT molecular complexity index is 458. The summed E-state index contributed by atoms with van der Waals surface area (Å²) in [5, 5.41) is 13.1. The van der Waals surface area contributed by atoms with E-state index in [4.69, 9.17) is 11.6 Å². The third kappa shape index (κ3) is 4.22. The molecular formula is C16H22ClNO2. The topological polar surface area (TPSA) is 49.3 Å². The first-order valence-electron chi connectivity index (χ1n) is 7.30. The highest BCUT2D eigenvalue weighted by Crippen LogP contribution is 2.31. The first kappa shape index (κ1) is 15.3. The number of halogens is 1.